The van der Waals surface area contributed by atoms with Gasteiger partial charge in [0.15, 0.2) is 0 Å². The van der Waals surface area contributed by atoms with Crippen LogP contribution < -0.4 is 5.32 Å². The molecule has 0 aliphatic rings. The van der Waals surface area contributed by atoms with E-state index in [0.29, 0.717) is 12.5 Å². The van der Waals surface area contributed by atoms with Crippen molar-refractivity contribution in [1.82, 2.24) is 20.2 Å². The Morgan fingerprint density at radius 1 is 1.00 bits per heavy atom. The highest BCUT2D eigenvalue weighted by molar-refractivity contribution is 7.11. The van der Waals surface area contributed by atoms with E-state index in [-0.39, 0.29) is 0 Å². The van der Waals surface area contributed by atoms with Crippen molar-refractivity contribution in [2.24, 2.45) is 0 Å². The quantitative estimate of drug-likeness (QED) is 0.593. The third kappa shape index (κ3) is 3.34. The first-order chi connectivity index (χ1) is 12.2. The highest BCUT2D eigenvalue weighted by Crippen LogP contribution is 2.23. The SMILES string of the molecule is Cc1nc(CNc2nncc(-c3ccc4ccccc4c3)n2)sc1C. The Bertz CT molecular complexity index is 1020. The lowest BCUT2D eigenvalue weighted by Crippen LogP contribution is -2.05. The first-order valence-electron chi connectivity index (χ1n) is 8.05. The number of aryl methyl sites for hydroxylation is 2. The number of thiazole rings is 1. The molecule has 2 heterocycles. The predicted octanol–water partition coefficient (Wildman–Crippen LogP) is 4.38. The number of rotatable bonds is 4. The van der Waals surface area contributed by atoms with Crippen LogP contribution in [0.15, 0.2) is 48.7 Å². The lowest BCUT2D eigenvalue weighted by molar-refractivity contribution is 0.942. The summed E-state index contributed by atoms with van der Waals surface area (Å²) in [4.78, 5) is 10.3. The number of nitrogens with one attached hydrogen (secondary N) is 1. The third-order valence-electron chi connectivity index (χ3n) is 4.07. The zero-order valence-electron chi connectivity index (χ0n) is 14.0. The zero-order valence-corrected chi connectivity index (χ0v) is 14.8. The average Bonchev–Trinajstić information content (AvgIpc) is 2.98. The van der Waals surface area contributed by atoms with Gasteiger partial charge in [0.05, 0.1) is 24.1 Å². The maximum absolute atomic E-state index is 4.59. The molecule has 0 saturated carbocycles. The van der Waals surface area contributed by atoms with Gasteiger partial charge in [0.2, 0.25) is 5.95 Å². The molecule has 0 bridgehead atoms. The molecule has 6 heteroatoms. The molecule has 124 valence electrons. The van der Waals surface area contributed by atoms with E-state index >= 15 is 0 Å². The second kappa shape index (κ2) is 6.57. The van der Waals surface area contributed by atoms with Gasteiger partial charge in [0, 0.05) is 10.4 Å². The fourth-order valence-electron chi connectivity index (χ4n) is 2.64. The summed E-state index contributed by atoms with van der Waals surface area (Å²) in [6, 6.07) is 14.6. The van der Waals surface area contributed by atoms with E-state index in [1.807, 2.05) is 19.1 Å². The van der Waals surface area contributed by atoms with Gasteiger partial charge in [-0.1, -0.05) is 36.4 Å². The number of anilines is 1. The second-order valence-corrected chi connectivity index (χ2v) is 7.12. The fourth-order valence-corrected chi connectivity index (χ4v) is 3.51. The van der Waals surface area contributed by atoms with Crippen molar-refractivity contribution in [2.45, 2.75) is 20.4 Å². The van der Waals surface area contributed by atoms with E-state index in [4.69, 9.17) is 0 Å². The van der Waals surface area contributed by atoms with Gasteiger partial charge in [0.1, 0.15) is 5.01 Å². The molecule has 0 amide bonds. The molecule has 0 radical (unpaired) electrons. The van der Waals surface area contributed by atoms with Crippen LogP contribution in [0.25, 0.3) is 22.0 Å². The summed E-state index contributed by atoms with van der Waals surface area (Å²) in [6.07, 6.45) is 1.69. The second-order valence-electron chi connectivity index (χ2n) is 5.83. The highest BCUT2D eigenvalue weighted by Gasteiger charge is 2.07. The molecule has 0 aliphatic carbocycles. The zero-order chi connectivity index (χ0) is 17.2. The lowest BCUT2D eigenvalue weighted by Gasteiger charge is -2.06. The van der Waals surface area contributed by atoms with Crippen molar-refractivity contribution < 1.29 is 0 Å². The Hall–Kier alpha value is -2.86. The smallest absolute Gasteiger partial charge is 0.243 e. The first-order valence-corrected chi connectivity index (χ1v) is 8.86. The van der Waals surface area contributed by atoms with Gasteiger partial charge in [-0.3, -0.25) is 0 Å². The lowest BCUT2D eigenvalue weighted by atomic mass is 10.1. The van der Waals surface area contributed by atoms with Crippen LogP contribution in [-0.2, 0) is 6.54 Å². The van der Waals surface area contributed by atoms with Gasteiger partial charge in [-0.15, -0.1) is 16.4 Å². The number of fused-ring (bicyclic) bond motifs is 1. The molecule has 0 spiro atoms. The topological polar surface area (TPSA) is 63.6 Å². The first kappa shape index (κ1) is 15.7. The van der Waals surface area contributed by atoms with Crippen molar-refractivity contribution in [3.63, 3.8) is 0 Å². The van der Waals surface area contributed by atoms with E-state index in [2.05, 4.69) is 62.7 Å². The monoisotopic (exact) mass is 347 g/mol. The summed E-state index contributed by atoms with van der Waals surface area (Å²) in [5, 5.41) is 14.8. The summed E-state index contributed by atoms with van der Waals surface area (Å²) in [7, 11) is 0. The minimum absolute atomic E-state index is 0.510. The number of nitrogens with zero attached hydrogens (tertiary/aromatic N) is 4. The van der Waals surface area contributed by atoms with E-state index < -0.39 is 0 Å². The molecule has 0 aliphatic heterocycles. The Morgan fingerprint density at radius 2 is 1.84 bits per heavy atom. The Labute approximate surface area is 149 Å². The molecule has 4 aromatic rings. The van der Waals surface area contributed by atoms with E-state index in [0.717, 1.165) is 22.0 Å². The van der Waals surface area contributed by atoms with Gasteiger partial charge in [-0.25, -0.2) is 9.97 Å². The predicted molar refractivity (Wildman–Crippen MR) is 102 cm³/mol. The van der Waals surface area contributed by atoms with Crippen molar-refractivity contribution >= 4 is 28.1 Å². The molecule has 1 N–H and O–H groups in total. The summed E-state index contributed by atoms with van der Waals surface area (Å²) in [6.45, 7) is 4.70. The van der Waals surface area contributed by atoms with Crippen LogP contribution in [-0.4, -0.2) is 20.2 Å². The number of hydrogen-bond donors (Lipinski definition) is 1. The number of hydrogen-bond acceptors (Lipinski definition) is 6. The van der Waals surface area contributed by atoms with Crippen LogP contribution in [0.1, 0.15) is 15.6 Å². The molecule has 2 aromatic heterocycles. The molecule has 0 atom stereocenters. The highest BCUT2D eigenvalue weighted by atomic mass is 32.1. The van der Waals surface area contributed by atoms with Crippen molar-refractivity contribution in [2.75, 3.05) is 5.32 Å². The van der Waals surface area contributed by atoms with Crippen molar-refractivity contribution in [1.29, 1.82) is 0 Å². The maximum atomic E-state index is 4.59. The van der Waals surface area contributed by atoms with E-state index in [9.17, 15) is 0 Å². The Balaban J connectivity index is 1.57. The van der Waals surface area contributed by atoms with Crippen molar-refractivity contribution in [3.05, 3.63) is 64.2 Å². The molecular weight excluding hydrogens is 330 g/mol. The van der Waals surface area contributed by atoms with Gasteiger partial charge < -0.3 is 5.32 Å². The average molecular weight is 347 g/mol. The fraction of sp³-hybridized carbons (Fsp3) is 0.158. The normalized spacial score (nSPS) is 11.0. The minimum atomic E-state index is 0.510. The summed E-state index contributed by atoms with van der Waals surface area (Å²) >= 11 is 1.69. The molecule has 0 saturated heterocycles. The van der Waals surface area contributed by atoms with Gasteiger partial charge in [-0.2, -0.15) is 5.10 Å². The standard InChI is InChI=1S/C19H17N5S/c1-12-13(2)25-18(22-12)11-20-19-23-17(10-21-24-19)16-8-7-14-5-3-4-6-15(14)9-16/h3-10H,11H2,1-2H3,(H,20,23,24). The Morgan fingerprint density at radius 3 is 2.64 bits per heavy atom. The van der Waals surface area contributed by atoms with Crippen LogP contribution in [0.4, 0.5) is 5.95 Å². The number of benzene rings is 2. The molecule has 4 rings (SSSR count). The van der Waals surface area contributed by atoms with Crippen LogP contribution >= 0.6 is 11.3 Å². The summed E-state index contributed by atoms with van der Waals surface area (Å²) < 4.78 is 0. The minimum Gasteiger partial charge on any atom is -0.346 e. The van der Waals surface area contributed by atoms with Gasteiger partial charge in [0.25, 0.3) is 0 Å². The molecule has 2 aromatic carbocycles. The van der Waals surface area contributed by atoms with E-state index in [1.165, 1.54) is 15.6 Å². The van der Waals surface area contributed by atoms with Crippen LogP contribution in [0.3, 0.4) is 0 Å². The van der Waals surface area contributed by atoms with Gasteiger partial charge in [-0.05, 0) is 30.7 Å². The maximum Gasteiger partial charge on any atom is 0.243 e. The summed E-state index contributed by atoms with van der Waals surface area (Å²) in [5.41, 5.74) is 2.90. The summed E-state index contributed by atoms with van der Waals surface area (Å²) in [5.74, 6) is 0.510. The van der Waals surface area contributed by atoms with E-state index in [1.54, 1.807) is 17.5 Å². The third-order valence-corrected chi connectivity index (χ3v) is 5.15. The molecule has 25 heavy (non-hydrogen) atoms. The molecule has 5 nitrogen and oxygen atoms in total. The largest absolute Gasteiger partial charge is 0.346 e. The molecule has 0 unspecified atom stereocenters. The molecular formula is C19H17N5S. The number of aromatic nitrogens is 4. The van der Waals surface area contributed by atoms with Crippen molar-refractivity contribution in [3.8, 4) is 11.3 Å². The van der Waals surface area contributed by atoms with Crippen LogP contribution in [0, 0.1) is 13.8 Å². The van der Waals surface area contributed by atoms with Crippen LogP contribution in [0.2, 0.25) is 0 Å². The Kier molecular flexibility index (Phi) is 4.11. The molecule has 0 fully saturated rings. The van der Waals surface area contributed by atoms with Crippen LogP contribution in [0.5, 0.6) is 0 Å². The van der Waals surface area contributed by atoms with Gasteiger partial charge >= 0.3 is 0 Å².